The van der Waals surface area contributed by atoms with Crippen LogP contribution in [0, 0.1) is 11.3 Å². The second-order valence-corrected chi connectivity index (χ2v) is 5.75. The molecule has 21 heavy (non-hydrogen) atoms. The summed E-state index contributed by atoms with van der Waals surface area (Å²) in [7, 11) is 0. The number of rotatable bonds is 2. The fraction of sp³-hybridized carbons (Fsp3) is 0.125. The fourth-order valence-electron chi connectivity index (χ4n) is 2.19. The summed E-state index contributed by atoms with van der Waals surface area (Å²) in [4.78, 5) is 12.3. The Morgan fingerprint density at radius 1 is 1.19 bits per heavy atom. The quantitative estimate of drug-likeness (QED) is 0.893. The van der Waals surface area contributed by atoms with E-state index in [0.717, 1.165) is 21.7 Å². The van der Waals surface area contributed by atoms with Gasteiger partial charge in [0.05, 0.1) is 23.1 Å². The van der Waals surface area contributed by atoms with Gasteiger partial charge in [-0.25, -0.2) is 0 Å². The predicted molar refractivity (Wildman–Crippen MR) is 81.0 cm³/mol. The molecule has 2 N–H and O–H groups in total. The van der Waals surface area contributed by atoms with Crippen LogP contribution in [0.15, 0.2) is 47.4 Å². The van der Waals surface area contributed by atoms with E-state index in [1.165, 1.54) is 11.8 Å². The molecule has 3 rings (SSSR count). The first-order valence-electron chi connectivity index (χ1n) is 6.42. The Kier molecular flexibility index (Phi) is 3.65. The molecule has 0 aromatic heterocycles. The van der Waals surface area contributed by atoms with Crippen molar-refractivity contribution in [2.45, 2.75) is 11.0 Å². The van der Waals surface area contributed by atoms with Crippen molar-refractivity contribution in [1.82, 2.24) is 0 Å². The number of carbonyl (C=O) groups is 1. The number of amides is 1. The summed E-state index contributed by atoms with van der Waals surface area (Å²) in [6.45, 7) is 0. The molecule has 1 aliphatic heterocycles. The van der Waals surface area contributed by atoms with E-state index in [2.05, 4.69) is 11.4 Å². The SMILES string of the molecule is N#Cc1ccc(C(O)c2ccc3c(c2)SCC(=O)N3)cc1. The van der Waals surface area contributed by atoms with Gasteiger partial charge in [-0.15, -0.1) is 11.8 Å². The second-order valence-electron chi connectivity index (χ2n) is 4.73. The Labute approximate surface area is 126 Å². The Bertz CT molecular complexity index is 735. The van der Waals surface area contributed by atoms with Crippen LogP contribution < -0.4 is 5.32 Å². The van der Waals surface area contributed by atoms with Gasteiger partial charge in [-0.05, 0) is 35.4 Å². The summed E-state index contributed by atoms with van der Waals surface area (Å²) in [6, 6.07) is 14.4. The van der Waals surface area contributed by atoms with Crippen molar-refractivity contribution in [3.05, 3.63) is 59.2 Å². The molecule has 2 aromatic carbocycles. The van der Waals surface area contributed by atoms with Gasteiger partial charge >= 0.3 is 0 Å². The standard InChI is InChI=1S/C16H12N2O2S/c17-8-10-1-3-11(4-2-10)16(20)12-5-6-13-14(7-12)21-9-15(19)18-13/h1-7,16,20H,9H2,(H,18,19). The van der Waals surface area contributed by atoms with Gasteiger partial charge < -0.3 is 10.4 Å². The van der Waals surface area contributed by atoms with E-state index >= 15 is 0 Å². The lowest BCUT2D eigenvalue weighted by atomic mass is 10.0. The van der Waals surface area contributed by atoms with Gasteiger partial charge in [0.2, 0.25) is 5.91 Å². The maximum absolute atomic E-state index is 11.3. The number of hydrogen-bond acceptors (Lipinski definition) is 4. The minimum atomic E-state index is -0.749. The van der Waals surface area contributed by atoms with Gasteiger partial charge in [0, 0.05) is 4.90 Å². The van der Waals surface area contributed by atoms with Crippen LogP contribution in [0.4, 0.5) is 5.69 Å². The van der Waals surface area contributed by atoms with Crippen LogP contribution >= 0.6 is 11.8 Å². The van der Waals surface area contributed by atoms with Gasteiger partial charge in [-0.2, -0.15) is 5.26 Å². The third-order valence-electron chi connectivity index (χ3n) is 3.31. The molecule has 5 heteroatoms. The van der Waals surface area contributed by atoms with E-state index in [1.54, 1.807) is 30.3 Å². The molecular formula is C16H12N2O2S. The first-order valence-corrected chi connectivity index (χ1v) is 7.40. The van der Waals surface area contributed by atoms with E-state index in [1.807, 2.05) is 12.1 Å². The van der Waals surface area contributed by atoms with E-state index in [4.69, 9.17) is 5.26 Å². The third kappa shape index (κ3) is 2.77. The van der Waals surface area contributed by atoms with Gasteiger partial charge in [0.25, 0.3) is 0 Å². The zero-order valence-electron chi connectivity index (χ0n) is 11.0. The van der Waals surface area contributed by atoms with Crippen LogP contribution in [0.5, 0.6) is 0 Å². The van der Waals surface area contributed by atoms with Crippen LogP contribution in [0.2, 0.25) is 0 Å². The number of aliphatic hydroxyl groups excluding tert-OH is 1. The van der Waals surface area contributed by atoms with Gasteiger partial charge in [-0.1, -0.05) is 18.2 Å². The average molecular weight is 296 g/mol. The van der Waals surface area contributed by atoms with Gasteiger partial charge in [0.15, 0.2) is 0 Å². The number of aliphatic hydroxyl groups is 1. The highest BCUT2D eigenvalue weighted by atomic mass is 32.2. The lowest BCUT2D eigenvalue weighted by molar-refractivity contribution is -0.113. The molecule has 0 saturated carbocycles. The first-order chi connectivity index (χ1) is 10.2. The molecule has 0 saturated heterocycles. The van der Waals surface area contributed by atoms with Crippen molar-refractivity contribution >= 4 is 23.4 Å². The van der Waals surface area contributed by atoms with Crippen molar-refractivity contribution in [1.29, 1.82) is 5.26 Å². The molecule has 1 atom stereocenters. The highest BCUT2D eigenvalue weighted by molar-refractivity contribution is 8.00. The molecule has 0 spiro atoms. The average Bonchev–Trinajstić information content (AvgIpc) is 2.53. The van der Waals surface area contributed by atoms with E-state index in [-0.39, 0.29) is 5.91 Å². The van der Waals surface area contributed by atoms with E-state index in [9.17, 15) is 9.90 Å². The molecule has 0 bridgehead atoms. The summed E-state index contributed by atoms with van der Waals surface area (Å²) < 4.78 is 0. The number of fused-ring (bicyclic) bond motifs is 1. The number of thioether (sulfide) groups is 1. The summed E-state index contributed by atoms with van der Waals surface area (Å²) >= 11 is 1.46. The van der Waals surface area contributed by atoms with Crippen LogP contribution in [-0.2, 0) is 4.79 Å². The zero-order chi connectivity index (χ0) is 14.8. The largest absolute Gasteiger partial charge is 0.384 e. The minimum Gasteiger partial charge on any atom is -0.384 e. The maximum Gasteiger partial charge on any atom is 0.234 e. The monoisotopic (exact) mass is 296 g/mol. The van der Waals surface area contributed by atoms with Crippen molar-refractivity contribution in [2.75, 3.05) is 11.1 Å². The molecule has 1 heterocycles. The molecule has 4 nitrogen and oxygen atoms in total. The Morgan fingerprint density at radius 2 is 1.90 bits per heavy atom. The van der Waals surface area contributed by atoms with Gasteiger partial charge in [-0.3, -0.25) is 4.79 Å². The van der Waals surface area contributed by atoms with Crippen LogP contribution in [0.1, 0.15) is 22.8 Å². The minimum absolute atomic E-state index is 0.00658. The van der Waals surface area contributed by atoms with Crippen molar-refractivity contribution in [2.24, 2.45) is 0 Å². The molecule has 0 aliphatic carbocycles. The number of carbonyl (C=O) groups excluding carboxylic acids is 1. The summed E-state index contributed by atoms with van der Waals surface area (Å²) in [5, 5.41) is 22.0. The van der Waals surface area contributed by atoms with Crippen LogP contribution in [-0.4, -0.2) is 16.8 Å². The Hall–Kier alpha value is -2.29. The van der Waals surface area contributed by atoms with E-state index in [0.29, 0.717) is 11.3 Å². The zero-order valence-corrected chi connectivity index (χ0v) is 11.9. The number of nitrogens with one attached hydrogen (secondary N) is 1. The fourth-order valence-corrected chi connectivity index (χ4v) is 3.05. The van der Waals surface area contributed by atoms with Crippen LogP contribution in [0.25, 0.3) is 0 Å². The highest BCUT2D eigenvalue weighted by Crippen LogP contribution is 2.34. The lowest BCUT2D eigenvalue weighted by Crippen LogP contribution is -2.18. The molecule has 1 aliphatic rings. The molecule has 2 aromatic rings. The third-order valence-corrected chi connectivity index (χ3v) is 4.37. The number of anilines is 1. The van der Waals surface area contributed by atoms with E-state index < -0.39 is 6.10 Å². The Balaban J connectivity index is 1.89. The number of nitriles is 1. The molecule has 0 fully saturated rings. The molecule has 1 unspecified atom stereocenters. The molecular weight excluding hydrogens is 284 g/mol. The summed E-state index contributed by atoms with van der Waals surface area (Å²) in [6.07, 6.45) is -0.749. The number of benzene rings is 2. The summed E-state index contributed by atoms with van der Waals surface area (Å²) in [5.74, 6) is 0.386. The molecule has 0 radical (unpaired) electrons. The second kappa shape index (κ2) is 5.60. The lowest BCUT2D eigenvalue weighted by Gasteiger charge is -2.19. The first kappa shape index (κ1) is 13.7. The smallest absolute Gasteiger partial charge is 0.234 e. The highest BCUT2D eigenvalue weighted by Gasteiger charge is 2.18. The summed E-state index contributed by atoms with van der Waals surface area (Å²) in [5.41, 5.74) is 2.85. The maximum atomic E-state index is 11.3. The topological polar surface area (TPSA) is 73.1 Å². The van der Waals surface area contributed by atoms with Crippen molar-refractivity contribution in [3.63, 3.8) is 0 Å². The number of nitrogens with zero attached hydrogens (tertiary/aromatic N) is 1. The Morgan fingerprint density at radius 3 is 2.62 bits per heavy atom. The van der Waals surface area contributed by atoms with Gasteiger partial charge in [0.1, 0.15) is 6.10 Å². The van der Waals surface area contributed by atoms with Crippen molar-refractivity contribution in [3.8, 4) is 6.07 Å². The van der Waals surface area contributed by atoms with Crippen molar-refractivity contribution < 1.29 is 9.90 Å². The molecule has 104 valence electrons. The molecule has 1 amide bonds. The van der Waals surface area contributed by atoms with Crippen LogP contribution in [0.3, 0.4) is 0 Å². The predicted octanol–water partition coefficient (Wildman–Crippen LogP) is 2.68. The number of hydrogen-bond donors (Lipinski definition) is 2. The normalized spacial score (nSPS) is 14.8.